The number of ether oxygens (including phenoxy) is 1. The summed E-state index contributed by atoms with van der Waals surface area (Å²) in [7, 11) is 0. The fourth-order valence-electron chi connectivity index (χ4n) is 4.98. The van der Waals surface area contributed by atoms with Crippen molar-refractivity contribution in [1.82, 2.24) is 4.90 Å². The maximum atomic E-state index is 6.48. The average Bonchev–Trinajstić information content (AvgIpc) is 2.71. The first-order valence-corrected chi connectivity index (χ1v) is 13.5. The fraction of sp³-hybridized carbons (Fsp3) is 1.00. The van der Waals surface area contributed by atoms with Crippen molar-refractivity contribution in [2.24, 2.45) is 11.8 Å². The van der Waals surface area contributed by atoms with E-state index in [1.54, 1.807) is 0 Å². The van der Waals surface area contributed by atoms with Crippen LogP contribution in [0.2, 0.25) is 0 Å². The van der Waals surface area contributed by atoms with Crippen LogP contribution in [0.1, 0.15) is 131 Å². The molecule has 0 spiro atoms. The Morgan fingerprint density at radius 1 is 0.724 bits per heavy atom. The Morgan fingerprint density at radius 2 is 1.31 bits per heavy atom. The topological polar surface area (TPSA) is 12.5 Å². The molecule has 1 rings (SSSR count). The van der Waals surface area contributed by atoms with Crippen molar-refractivity contribution < 1.29 is 4.74 Å². The van der Waals surface area contributed by atoms with Crippen LogP contribution >= 0.6 is 0 Å². The summed E-state index contributed by atoms with van der Waals surface area (Å²) in [5.41, 5.74) is 0. The van der Waals surface area contributed by atoms with Gasteiger partial charge in [0, 0.05) is 19.6 Å². The summed E-state index contributed by atoms with van der Waals surface area (Å²) in [6.45, 7) is 15.5. The van der Waals surface area contributed by atoms with Crippen molar-refractivity contribution in [3.63, 3.8) is 0 Å². The monoisotopic (exact) mass is 409 g/mol. The van der Waals surface area contributed by atoms with E-state index in [4.69, 9.17) is 4.74 Å². The third-order valence-electron chi connectivity index (χ3n) is 6.99. The minimum atomic E-state index is 0.440. The number of piperidine rings is 1. The van der Waals surface area contributed by atoms with Gasteiger partial charge in [0.1, 0.15) is 0 Å². The van der Waals surface area contributed by atoms with Crippen molar-refractivity contribution in [3.05, 3.63) is 0 Å². The minimum absolute atomic E-state index is 0.440. The van der Waals surface area contributed by atoms with Gasteiger partial charge in [-0.1, -0.05) is 91.9 Å². The van der Waals surface area contributed by atoms with Crippen LogP contribution in [0.3, 0.4) is 0 Å². The lowest BCUT2D eigenvalue weighted by atomic mass is 9.90. The van der Waals surface area contributed by atoms with Gasteiger partial charge < -0.3 is 9.64 Å². The Hall–Kier alpha value is -0.0800. The summed E-state index contributed by atoms with van der Waals surface area (Å²) in [5.74, 6) is 1.79. The smallest absolute Gasteiger partial charge is 0.0603 e. The molecule has 1 aliphatic heterocycles. The summed E-state index contributed by atoms with van der Waals surface area (Å²) in [5, 5.41) is 0. The van der Waals surface area contributed by atoms with Gasteiger partial charge in [0.05, 0.1) is 12.2 Å². The number of likely N-dealkylation sites (tertiary alicyclic amines) is 1. The summed E-state index contributed by atoms with van der Waals surface area (Å²) < 4.78 is 6.48. The van der Waals surface area contributed by atoms with Crippen molar-refractivity contribution in [2.45, 2.75) is 143 Å². The molecule has 3 atom stereocenters. The zero-order chi connectivity index (χ0) is 21.3. The molecule has 1 heterocycles. The van der Waals surface area contributed by atoms with E-state index >= 15 is 0 Å². The maximum absolute atomic E-state index is 6.48. The number of rotatable bonds is 18. The molecular weight excluding hydrogens is 354 g/mol. The molecule has 0 aromatic rings. The van der Waals surface area contributed by atoms with Gasteiger partial charge in [-0.15, -0.1) is 0 Å². The van der Waals surface area contributed by atoms with E-state index in [1.807, 2.05) is 0 Å². The molecular formula is C27H55NO. The van der Waals surface area contributed by atoms with Crippen molar-refractivity contribution >= 4 is 0 Å². The molecule has 0 aromatic heterocycles. The third kappa shape index (κ3) is 13.8. The molecule has 0 radical (unpaired) electrons. The van der Waals surface area contributed by atoms with Gasteiger partial charge >= 0.3 is 0 Å². The lowest BCUT2D eigenvalue weighted by Crippen LogP contribution is -2.40. The lowest BCUT2D eigenvalue weighted by Gasteiger charge is -2.35. The molecule has 29 heavy (non-hydrogen) atoms. The zero-order valence-electron chi connectivity index (χ0n) is 20.9. The number of hydrogen-bond acceptors (Lipinski definition) is 2. The Bertz CT molecular complexity index is 350. The van der Waals surface area contributed by atoms with Crippen LogP contribution in [0.5, 0.6) is 0 Å². The minimum Gasteiger partial charge on any atom is -0.375 e. The van der Waals surface area contributed by atoms with E-state index in [2.05, 4.69) is 39.5 Å². The lowest BCUT2D eigenvalue weighted by molar-refractivity contribution is -0.0411. The third-order valence-corrected chi connectivity index (χ3v) is 6.99. The molecule has 0 aromatic carbocycles. The first-order valence-electron chi connectivity index (χ1n) is 13.5. The molecule has 2 unspecified atom stereocenters. The molecule has 2 heteroatoms. The van der Waals surface area contributed by atoms with Crippen molar-refractivity contribution in [1.29, 1.82) is 0 Å². The van der Waals surface area contributed by atoms with E-state index in [0.29, 0.717) is 12.2 Å². The van der Waals surface area contributed by atoms with Crippen LogP contribution in [0, 0.1) is 11.8 Å². The molecule has 174 valence electrons. The van der Waals surface area contributed by atoms with Crippen LogP contribution < -0.4 is 0 Å². The van der Waals surface area contributed by atoms with Gasteiger partial charge in [-0.05, 0) is 50.9 Å². The van der Waals surface area contributed by atoms with E-state index in [0.717, 1.165) is 11.8 Å². The molecule has 2 nitrogen and oxygen atoms in total. The summed E-state index contributed by atoms with van der Waals surface area (Å²) in [4.78, 5) is 2.69. The summed E-state index contributed by atoms with van der Waals surface area (Å²) >= 11 is 0. The van der Waals surface area contributed by atoms with Crippen molar-refractivity contribution in [2.75, 3.05) is 19.6 Å². The standard InChI is InChI=1S/C27H55NO/c1-6-9-12-14-24(4)23-28-21-19-27(20-22-28)29-25(5)17-18-26(15-11-8-3)16-13-10-7-2/h24-27H,6-23H2,1-5H3/t24?,25-,26?/m1/s1. The maximum Gasteiger partial charge on any atom is 0.0603 e. The van der Waals surface area contributed by atoms with Crippen molar-refractivity contribution in [3.8, 4) is 0 Å². The highest BCUT2D eigenvalue weighted by Gasteiger charge is 2.22. The Balaban J connectivity index is 2.20. The second kappa shape index (κ2) is 17.6. The average molecular weight is 410 g/mol. The number of unbranched alkanes of at least 4 members (excludes halogenated alkanes) is 5. The van der Waals surface area contributed by atoms with Gasteiger partial charge in [-0.3, -0.25) is 0 Å². The van der Waals surface area contributed by atoms with E-state index in [9.17, 15) is 0 Å². The van der Waals surface area contributed by atoms with Gasteiger partial charge in [-0.2, -0.15) is 0 Å². The summed E-state index contributed by atoms with van der Waals surface area (Å²) in [6, 6.07) is 0. The van der Waals surface area contributed by atoms with Crippen LogP contribution in [0.15, 0.2) is 0 Å². The predicted molar refractivity (Wildman–Crippen MR) is 130 cm³/mol. The molecule has 0 amide bonds. The number of hydrogen-bond donors (Lipinski definition) is 0. The van der Waals surface area contributed by atoms with Crippen LogP contribution in [0.25, 0.3) is 0 Å². The number of nitrogens with zero attached hydrogens (tertiary/aromatic N) is 1. The highest BCUT2D eigenvalue weighted by molar-refractivity contribution is 4.75. The van der Waals surface area contributed by atoms with E-state index < -0.39 is 0 Å². The molecule has 0 bridgehead atoms. The quantitative estimate of drug-likeness (QED) is 0.211. The fourth-order valence-corrected chi connectivity index (χ4v) is 4.98. The molecule has 1 aliphatic rings. The molecule has 0 aliphatic carbocycles. The molecule has 1 fully saturated rings. The predicted octanol–water partition coefficient (Wildman–Crippen LogP) is 8.24. The first-order chi connectivity index (χ1) is 14.1. The highest BCUT2D eigenvalue weighted by atomic mass is 16.5. The van der Waals surface area contributed by atoms with E-state index in [-0.39, 0.29) is 0 Å². The van der Waals surface area contributed by atoms with Crippen LogP contribution in [0.4, 0.5) is 0 Å². The largest absolute Gasteiger partial charge is 0.375 e. The second-order valence-electron chi connectivity index (χ2n) is 10.1. The molecule has 1 saturated heterocycles. The first kappa shape index (κ1) is 27.0. The Labute approximate surface area is 184 Å². The molecule has 0 N–H and O–H groups in total. The summed E-state index contributed by atoms with van der Waals surface area (Å²) in [6.07, 6.45) is 21.4. The highest BCUT2D eigenvalue weighted by Crippen LogP contribution is 2.25. The Kier molecular flexibility index (Phi) is 16.3. The Morgan fingerprint density at radius 3 is 1.93 bits per heavy atom. The van der Waals surface area contributed by atoms with Gasteiger partial charge in [-0.25, -0.2) is 0 Å². The normalized spacial score (nSPS) is 19.3. The SMILES string of the molecule is CCCCCC(C)CN1CCC(O[C@H](C)CCC(CCCC)CCCCC)CC1. The van der Waals surface area contributed by atoms with Crippen LogP contribution in [-0.2, 0) is 4.74 Å². The van der Waals surface area contributed by atoms with E-state index in [1.165, 1.54) is 116 Å². The second-order valence-corrected chi connectivity index (χ2v) is 10.1. The van der Waals surface area contributed by atoms with Crippen LogP contribution in [-0.4, -0.2) is 36.7 Å². The van der Waals surface area contributed by atoms with Gasteiger partial charge in [0.2, 0.25) is 0 Å². The molecule has 0 saturated carbocycles. The zero-order valence-corrected chi connectivity index (χ0v) is 20.9. The van der Waals surface area contributed by atoms with Gasteiger partial charge in [0.25, 0.3) is 0 Å². The van der Waals surface area contributed by atoms with Gasteiger partial charge in [0.15, 0.2) is 0 Å².